The van der Waals surface area contributed by atoms with Crippen LogP contribution in [0.15, 0.2) is 84.0 Å². The summed E-state index contributed by atoms with van der Waals surface area (Å²) in [6.07, 6.45) is 1.14. The first-order chi connectivity index (χ1) is 15.2. The third-order valence-corrected chi connectivity index (χ3v) is 6.20. The maximum Gasteiger partial charge on any atom is 0.254 e. The minimum absolute atomic E-state index is 0.636. The van der Waals surface area contributed by atoms with Crippen molar-refractivity contribution in [1.29, 1.82) is 0 Å². The molecule has 0 saturated heterocycles. The highest BCUT2D eigenvalue weighted by Crippen LogP contribution is 2.29. The summed E-state index contributed by atoms with van der Waals surface area (Å²) in [6, 6.07) is 27.3. The first-order valence-electron chi connectivity index (χ1n) is 10.6. The fourth-order valence-electron chi connectivity index (χ4n) is 3.61. The Morgan fingerprint density at radius 3 is 2.39 bits per heavy atom. The second-order valence-electron chi connectivity index (χ2n) is 8.09. The maximum absolute atomic E-state index is 4.88. The highest BCUT2D eigenvalue weighted by molar-refractivity contribution is 7.99. The molecule has 0 saturated carbocycles. The van der Waals surface area contributed by atoms with E-state index >= 15 is 0 Å². The standard InChI is InChI=1S/C26H24N4S/c1-18(2)14-15-31-26-28-25-27-23(22-13-12-19-8-6-7-11-21(19)16-22)17-24(30(25)29-26)20-9-4-3-5-10-20/h3-13,16-18H,14-15H2,1-2H3. The van der Waals surface area contributed by atoms with Gasteiger partial charge in [-0.15, -0.1) is 5.10 Å². The largest absolute Gasteiger partial charge is 0.254 e. The summed E-state index contributed by atoms with van der Waals surface area (Å²) in [5, 5.41) is 7.98. The van der Waals surface area contributed by atoms with Crippen LogP contribution in [0.25, 0.3) is 39.1 Å². The van der Waals surface area contributed by atoms with Gasteiger partial charge in [-0.1, -0.05) is 92.3 Å². The summed E-state index contributed by atoms with van der Waals surface area (Å²) in [5.41, 5.74) is 4.08. The average Bonchev–Trinajstić information content (AvgIpc) is 3.21. The summed E-state index contributed by atoms with van der Waals surface area (Å²) in [6.45, 7) is 4.48. The molecule has 4 nitrogen and oxygen atoms in total. The zero-order chi connectivity index (χ0) is 21.2. The van der Waals surface area contributed by atoms with E-state index in [9.17, 15) is 0 Å². The van der Waals surface area contributed by atoms with Crippen molar-refractivity contribution in [3.05, 3.63) is 78.9 Å². The monoisotopic (exact) mass is 424 g/mol. The van der Waals surface area contributed by atoms with E-state index in [-0.39, 0.29) is 0 Å². The van der Waals surface area contributed by atoms with Gasteiger partial charge in [-0.25, -0.2) is 4.98 Å². The third kappa shape index (κ3) is 4.19. The van der Waals surface area contributed by atoms with Crippen LogP contribution < -0.4 is 0 Å². The van der Waals surface area contributed by atoms with Crippen molar-refractivity contribution in [1.82, 2.24) is 19.6 Å². The molecule has 0 aliphatic rings. The molecule has 5 aromatic rings. The van der Waals surface area contributed by atoms with Crippen LogP contribution in [0.1, 0.15) is 20.3 Å². The molecular weight excluding hydrogens is 400 g/mol. The lowest BCUT2D eigenvalue weighted by atomic mass is 10.0. The number of thioether (sulfide) groups is 1. The minimum atomic E-state index is 0.636. The number of fused-ring (bicyclic) bond motifs is 2. The summed E-state index contributed by atoms with van der Waals surface area (Å²) in [5.74, 6) is 2.31. The smallest absolute Gasteiger partial charge is 0.211 e. The van der Waals surface area contributed by atoms with Gasteiger partial charge in [0, 0.05) is 16.9 Å². The molecule has 0 amide bonds. The Balaban J connectivity index is 1.63. The van der Waals surface area contributed by atoms with Gasteiger partial charge in [0.2, 0.25) is 5.16 Å². The number of benzene rings is 3. The van der Waals surface area contributed by atoms with Crippen molar-refractivity contribution in [2.45, 2.75) is 25.4 Å². The molecule has 31 heavy (non-hydrogen) atoms. The topological polar surface area (TPSA) is 43.1 Å². The summed E-state index contributed by atoms with van der Waals surface area (Å²) >= 11 is 1.70. The minimum Gasteiger partial charge on any atom is -0.211 e. The van der Waals surface area contributed by atoms with Crippen LogP contribution in [-0.4, -0.2) is 25.3 Å². The Morgan fingerprint density at radius 1 is 0.806 bits per heavy atom. The van der Waals surface area contributed by atoms with Gasteiger partial charge in [-0.05, 0) is 35.2 Å². The quantitative estimate of drug-likeness (QED) is 0.283. The lowest BCUT2D eigenvalue weighted by Crippen LogP contribution is -1.99. The van der Waals surface area contributed by atoms with Crippen molar-refractivity contribution in [2.24, 2.45) is 5.92 Å². The molecule has 0 fully saturated rings. The van der Waals surface area contributed by atoms with Gasteiger partial charge in [-0.2, -0.15) is 9.50 Å². The zero-order valence-corrected chi connectivity index (χ0v) is 18.5. The molecule has 154 valence electrons. The molecule has 2 heterocycles. The molecule has 0 bridgehead atoms. The van der Waals surface area contributed by atoms with E-state index < -0.39 is 0 Å². The van der Waals surface area contributed by atoms with E-state index in [2.05, 4.69) is 74.5 Å². The highest BCUT2D eigenvalue weighted by atomic mass is 32.2. The van der Waals surface area contributed by atoms with Gasteiger partial charge in [0.1, 0.15) is 0 Å². The Morgan fingerprint density at radius 2 is 1.58 bits per heavy atom. The summed E-state index contributed by atoms with van der Waals surface area (Å²) in [4.78, 5) is 9.63. The van der Waals surface area contributed by atoms with Crippen molar-refractivity contribution < 1.29 is 0 Å². The number of hydrogen-bond donors (Lipinski definition) is 0. The Hall–Kier alpha value is -3.18. The van der Waals surface area contributed by atoms with E-state index in [1.54, 1.807) is 11.8 Å². The SMILES string of the molecule is CC(C)CCSc1nc2nc(-c3ccc4ccccc4c3)cc(-c3ccccc3)n2n1. The Kier molecular flexibility index (Phi) is 5.43. The number of rotatable bonds is 6. The zero-order valence-electron chi connectivity index (χ0n) is 17.7. The van der Waals surface area contributed by atoms with Gasteiger partial charge in [-0.3, -0.25) is 0 Å². The van der Waals surface area contributed by atoms with E-state index in [1.807, 2.05) is 22.7 Å². The molecular formula is C26H24N4S. The third-order valence-electron chi connectivity index (χ3n) is 5.33. The van der Waals surface area contributed by atoms with E-state index in [0.717, 1.165) is 39.8 Å². The van der Waals surface area contributed by atoms with Crippen molar-refractivity contribution in [3.63, 3.8) is 0 Å². The van der Waals surface area contributed by atoms with Crippen LogP contribution in [-0.2, 0) is 0 Å². The molecule has 0 radical (unpaired) electrons. The molecule has 0 aliphatic carbocycles. The summed E-state index contributed by atoms with van der Waals surface area (Å²) in [7, 11) is 0. The van der Waals surface area contributed by atoms with Crippen LogP contribution >= 0.6 is 11.8 Å². The van der Waals surface area contributed by atoms with Gasteiger partial charge >= 0.3 is 0 Å². The van der Waals surface area contributed by atoms with E-state index in [0.29, 0.717) is 11.7 Å². The molecule has 5 heteroatoms. The van der Waals surface area contributed by atoms with Crippen LogP contribution in [0.4, 0.5) is 0 Å². The molecule has 3 aromatic carbocycles. The van der Waals surface area contributed by atoms with Crippen molar-refractivity contribution in [2.75, 3.05) is 5.75 Å². The second-order valence-corrected chi connectivity index (χ2v) is 9.15. The van der Waals surface area contributed by atoms with Gasteiger partial charge in [0.15, 0.2) is 0 Å². The maximum atomic E-state index is 4.88. The van der Waals surface area contributed by atoms with E-state index in [1.165, 1.54) is 10.8 Å². The van der Waals surface area contributed by atoms with E-state index in [4.69, 9.17) is 15.1 Å². The fraction of sp³-hybridized carbons (Fsp3) is 0.192. The normalized spacial score (nSPS) is 11.6. The van der Waals surface area contributed by atoms with Crippen molar-refractivity contribution in [3.8, 4) is 22.5 Å². The molecule has 5 rings (SSSR count). The van der Waals surface area contributed by atoms with Crippen LogP contribution in [0.2, 0.25) is 0 Å². The first-order valence-corrected chi connectivity index (χ1v) is 11.6. The van der Waals surface area contributed by atoms with Crippen LogP contribution in [0.5, 0.6) is 0 Å². The van der Waals surface area contributed by atoms with Crippen LogP contribution in [0, 0.1) is 5.92 Å². The molecule has 0 aliphatic heterocycles. The van der Waals surface area contributed by atoms with Gasteiger partial charge in [0.25, 0.3) is 5.78 Å². The average molecular weight is 425 g/mol. The molecule has 0 N–H and O–H groups in total. The van der Waals surface area contributed by atoms with Gasteiger partial charge in [0.05, 0.1) is 11.4 Å². The Labute approximate surface area is 186 Å². The molecule has 0 unspecified atom stereocenters. The molecule has 0 spiro atoms. The highest BCUT2D eigenvalue weighted by Gasteiger charge is 2.14. The number of nitrogens with zero attached hydrogens (tertiary/aromatic N) is 4. The summed E-state index contributed by atoms with van der Waals surface area (Å²) < 4.78 is 1.87. The predicted molar refractivity (Wildman–Crippen MR) is 129 cm³/mol. The Bertz CT molecular complexity index is 1340. The number of hydrogen-bond acceptors (Lipinski definition) is 4. The lowest BCUT2D eigenvalue weighted by molar-refractivity contribution is 0.631. The predicted octanol–water partition coefficient (Wildman–Crippen LogP) is 6.75. The lowest BCUT2D eigenvalue weighted by Gasteiger charge is -2.08. The fourth-order valence-corrected chi connectivity index (χ4v) is 4.67. The van der Waals surface area contributed by atoms with Crippen LogP contribution in [0.3, 0.4) is 0 Å². The second kappa shape index (κ2) is 8.52. The first kappa shape index (κ1) is 19.8. The molecule has 2 aromatic heterocycles. The van der Waals surface area contributed by atoms with Gasteiger partial charge < -0.3 is 0 Å². The van der Waals surface area contributed by atoms with Crippen molar-refractivity contribution >= 4 is 28.3 Å². The number of aromatic nitrogens is 4. The molecule has 0 atom stereocenters.